The first kappa shape index (κ1) is 12.2. The van der Waals surface area contributed by atoms with Gasteiger partial charge in [-0.15, -0.1) is 0 Å². The lowest BCUT2D eigenvalue weighted by atomic mass is 9.88. The van der Waals surface area contributed by atoms with Crippen molar-refractivity contribution in [3.8, 4) is 0 Å². The molecule has 0 N–H and O–H groups in total. The molecule has 0 spiro atoms. The number of aromatic nitrogens is 2. The molecule has 0 aliphatic rings. The summed E-state index contributed by atoms with van der Waals surface area (Å²) in [5.74, 6) is 0.202. The predicted octanol–water partition coefficient (Wildman–Crippen LogP) is 2.36. The van der Waals surface area contributed by atoms with E-state index >= 15 is 0 Å². The number of nitrogens with zero attached hydrogens (tertiary/aromatic N) is 2. The van der Waals surface area contributed by atoms with E-state index in [-0.39, 0.29) is 11.2 Å². The van der Waals surface area contributed by atoms with Gasteiger partial charge >= 0.3 is 0 Å². The number of hydrogen-bond donors (Lipinski definition) is 0. The molecule has 0 unspecified atom stereocenters. The number of carbonyl (C=O) groups excluding carboxylic acids is 1. The van der Waals surface area contributed by atoms with Crippen LogP contribution in [0, 0.1) is 5.41 Å². The molecule has 0 saturated heterocycles. The molecule has 0 bridgehead atoms. The Morgan fingerprint density at radius 1 is 1.47 bits per heavy atom. The van der Waals surface area contributed by atoms with Crippen LogP contribution in [0.15, 0.2) is 17.4 Å². The quantitative estimate of drug-likeness (QED) is 0.584. The van der Waals surface area contributed by atoms with Crippen molar-refractivity contribution in [2.75, 3.05) is 6.26 Å². The summed E-state index contributed by atoms with van der Waals surface area (Å²) in [6, 6.07) is 1.80. The van der Waals surface area contributed by atoms with Gasteiger partial charge < -0.3 is 0 Å². The van der Waals surface area contributed by atoms with E-state index in [4.69, 9.17) is 0 Å². The fraction of sp³-hybridized carbons (Fsp3) is 0.545. The van der Waals surface area contributed by atoms with Crippen LogP contribution in [0.1, 0.15) is 26.5 Å². The number of rotatable bonds is 3. The van der Waals surface area contributed by atoms with E-state index in [2.05, 4.69) is 9.97 Å². The first-order chi connectivity index (χ1) is 6.93. The number of ketones is 1. The molecule has 1 aromatic rings. The fourth-order valence-electron chi connectivity index (χ4n) is 1.00. The van der Waals surface area contributed by atoms with Crippen LogP contribution < -0.4 is 0 Å². The first-order valence-corrected chi connectivity index (χ1v) is 6.05. The summed E-state index contributed by atoms with van der Waals surface area (Å²) in [5.41, 5.74) is 0.499. The second-order valence-corrected chi connectivity index (χ2v) is 5.16. The Balaban J connectivity index is 2.77. The van der Waals surface area contributed by atoms with E-state index in [1.165, 1.54) is 11.8 Å². The van der Waals surface area contributed by atoms with Gasteiger partial charge in [-0.25, -0.2) is 9.97 Å². The molecule has 0 amide bonds. The Morgan fingerprint density at radius 2 is 2.13 bits per heavy atom. The first-order valence-electron chi connectivity index (χ1n) is 4.82. The lowest BCUT2D eigenvalue weighted by Crippen LogP contribution is -2.22. The van der Waals surface area contributed by atoms with E-state index in [9.17, 15) is 4.79 Å². The maximum atomic E-state index is 11.8. The second kappa shape index (κ2) is 4.75. The zero-order valence-electron chi connectivity index (χ0n) is 9.57. The maximum Gasteiger partial charge on any atom is 0.187 e. The maximum absolute atomic E-state index is 11.8. The summed E-state index contributed by atoms with van der Waals surface area (Å²) >= 11 is 1.48. The smallest absolute Gasteiger partial charge is 0.187 e. The van der Waals surface area contributed by atoms with Gasteiger partial charge in [0.15, 0.2) is 5.16 Å². The minimum absolute atomic E-state index is 0.202. The molecule has 0 aromatic carbocycles. The average Bonchev–Trinajstić information content (AvgIpc) is 2.16. The molecule has 0 fully saturated rings. The predicted molar refractivity (Wildman–Crippen MR) is 62.0 cm³/mol. The Bertz CT molecular complexity index is 358. The number of Topliss-reactive ketones (excluding diaryl/α,β-unsaturated/α-hetero) is 1. The van der Waals surface area contributed by atoms with Crippen LogP contribution in [0.5, 0.6) is 0 Å². The molecule has 1 heterocycles. The van der Waals surface area contributed by atoms with Crippen LogP contribution in [-0.4, -0.2) is 22.0 Å². The van der Waals surface area contributed by atoms with Gasteiger partial charge in [0.25, 0.3) is 0 Å². The topological polar surface area (TPSA) is 42.9 Å². The van der Waals surface area contributed by atoms with Crippen LogP contribution in [0.25, 0.3) is 0 Å². The van der Waals surface area contributed by atoms with Gasteiger partial charge in [-0.2, -0.15) is 0 Å². The highest BCUT2D eigenvalue weighted by Gasteiger charge is 2.21. The minimum Gasteiger partial charge on any atom is -0.299 e. The zero-order valence-corrected chi connectivity index (χ0v) is 10.4. The summed E-state index contributed by atoms with van der Waals surface area (Å²) in [7, 11) is 0. The molecule has 0 aliphatic carbocycles. The summed E-state index contributed by atoms with van der Waals surface area (Å²) in [6.45, 7) is 5.77. The molecule has 82 valence electrons. The highest BCUT2D eigenvalue weighted by atomic mass is 32.2. The van der Waals surface area contributed by atoms with Crippen LogP contribution in [0.4, 0.5) is 0 Å². The largest absolute Gasteiger partial charge is 0.299 e. The van der Waals surface area contributed by atoms with E-state index in [0.717, 1.165) is 5.69 Å². The SMILES string of the molecule is CSc1nccc(CC(=O)C(C)(C)C)n1. The Hall–Kier alpha value is -0.900. The third-order valence-electron chi connectivity index (χ3n) is 2.05. The van der Waals surface area contributed by atoms with E-state index in [1.807, 2.05) is 27.0 Å². The van der Waals surface area contributed by atoms with Crippen molar-refractivity contribution in [3.05, 3.63) is 18.0 Å². The van der Waals surface area contributed by atoms with Crippen molar-refractivity contribution in [1.29, 1.82) is 0 Å². The van der Waals surface area contributed by atoms with Crippen LogP contribution >= 0.6 is 11.8 Å². The lowest BCUT2D eigenvalue weighted by molar-refractivity contribution is -0.125. The highest BCUT2D eigenvalue weighted by molar-refractivity contribution is 7.98. The Kier molecular flexibility index (Phi) is 3.85. The number of carbonyl (C=O) groups is 1. The number of thioether (sulfide) groups is 1. The van der Waals surface area contributed by atoms with Gasteiger partial charge in [0.05, 0.1) is 5.69 Å². The van der Waals surface area contributed by atoms with E-state index in [0.29, 0.717) is 11.6 Å². The summed E-state index contributed by atoms with van der Waals surface area (Å²) in [4.78, 5) is 20.1. The van der Waals surface area contributed by atoms with Gasteiger partial charge in [-0.3, -0.25) is 4.79 Å². The Morgan fingerprint density at radius 3 is 2.67 bits per heavy atom. The van der Waals surface area contributed by atoms with Crippen LogP contribution in [0.3, 0.4) is 0 Å². The fourth-order valence-corrected chi connectivity index (χ4v) is 1.38. The molecule has 15 heavy (non-hydrogen) atoms. The standard InChI is InChI=1S/C11H16N2OS/c1-11(2,3)9(14)7-8-5-6-12-10(13-8)15-4/h5-6H,7H2,1-4H3. The van der Waals surface area contributed by atoms with Crippen LogP contribution in [0.2, 0.25) is 0 Å². The molecule has 0 aliphatic heterocycles. The second-order valence-electron chi connectivity index (χ2n) is 4.38. The average molecular weight is 224 g/mol. The van der Waals surface area contributed by atoms with Gasteiger partial charge in [0.2, 0.25) is 0 Å². The monoisotopic (exact) mass is 224 g/mol. The third-order valence-corrected chi connectivity index (χ3v) is 2.61. The van der Waals surface area contributed by atoms with Gasteiger partial charge in [0.1, 0.15) is 5.78 Å². The van der Waals surface area contributed by atoms with Gasteiger partial charge in [-0.1, -0.05) is 32.5 Å². The molecular weight excluding hydrogens is 208 g/mol. The molecule has 0 saturated carbocycles. The Labute approximate surface area is 94.7 Å². The molecule has 4 heteroatoms. The lowest BCUT2D eigenvalue weighted by Gasteiger charge is -2.15. The van der Waals surface area contributed by atoms with Crippen molar-refractivity contribution in [2.24, 2.45) is 5.41 Å². The third kappa shape index (κ3) is 3.63. The summed E-state index contributed by atoms with van der Waals surface area (Å²) < 4.78 is 0. The van der Waals surface area contributed by atoms with Gasteiger partial charge in [-0.05, 0) is 12.3 Å². The number of hydrogen-bond acceptors (Lipinski definition) is 4. The van der Waals surface area contributed by atoms with Gasteiger partial charge in [0, 0.05) is 18.0 Å². The van der Waals surface area contributed by atoms with Crippen molar-refractivity contribution >= 4 is 17.5 Å². The molecule has 3 nitrogen and oxygen atoms in total. The summed E-state index contributed by atoms with van der Waals surface area (Å²) in [5, 5.41) is 0.717. The van der Waals surface area contributed by atoms with Crippen LogP contribution in [-0.2, 0) is 11.2 Å². The molecule has 1 rings (SSSR count). The normalized spacial score (nSPS) is 11.5. The molecule has 0 radical (unpaired) electrons. The van der Waals surface area contributed by atoms with E-state index in [1.54, 1.807) is 12.3 Å². The molecule has 0 atom stereocenters. The molecular formula is C11H16N2OS. The van der Waals surface area contributed by atoms with Crippen molar-refractivity contribution in [2.45, 2.75) is 32.3 Å². The van der Waals surface area contributed by atoms with Crippen molar-refractivity contribution in [1.82, 2.24) is 9.97 Å². The zero-order chi connectivity index (χ0) is 11.5. The highest BCUT2D eigenvalue weighted by Crippen LogP contribution is 2.17. The van der Waals surface area contributed by atoms with Crippen molar-refractivity contribution in [3.63, 3.8) is 0 Å². The molecule has 1 aromatic heterocycles. The minimum atomic E-state index is -0.301. The summed E-state index contributed by atoms with van der Waals surface area (Å²) in [6.07, 6.45) is 4.01. The van der Waals surface area contributed by atoms with E-state index < -0.39 is 0 Å². The van der Waals surface area contributed by atoms with Crippen molar-refractivity contribution < 1.29 is 4.79 Å².